The number of carboxylic acids is 1. The zero-order valence-corrected chi connectivity index (χ0v) is 21.7. The van der Waals surface area contributed by atoms with E-state index in [4.69, 9.17) is 15.6 Å². The Balaban J connectivity index is 0.000000306. The van der Waals surface area contributed by atoms with Gasteiger partial charge in [-0.2, -0.15) is 22.8 Å². The van der Waals surface area contributed by atoms with E-state index in [2.05, 4.69) is 5.32 Å². The third-order valence-corrected chi connectivity index (χ3v) is 5.92. The molecule has 0 saturated carbocycles. The Bertz CT molecular complexity index is 1230. The second-order valence-corrected chi connectivity index (χ2v) is 8.94. The molecule has 0 aliphatic heterocycles. The summed E-state index contributed by atoms with van der Waals surface area (Å²) >= 11 is 0. The minimum atomic E-state index is -3.56. The van der Waals surface area contributed by atoms with Crippen molar-refractivity contribution in [1.82, 2.24) is 5.32 Å². The second kappa shape index (κ2) is 13.8. The lowest BCUT2D eigenvalue weighted by molar-refractivity contribution is -0.149. The van der Waals surface area contributed by atoms with Crippen LogP contribution in [0.25, 0.3) is 0 Å². The van der Waals surface area contributed by atoms with Crippen molar-refractivity contribution in [3.05, 3.63) is 107 Å². The predicted octanol–water partition coefficient (Wildman–Crippen LogP) is 5.46. The maximum absolute atomic E-state index is 14.7. The van der Waals surface area contributed by atoms with Crippen LogP contribution < -0.4 is 11.1 Å². The Morgan fingerprint density at radius 1 is 0.923 bits per heavy atom. The number of ether oxygens (including phenoxy) is 1. The van der Waals surface area contributed by atoms with Crippen molar-refractivity contribution in [3.63, 3.8) is 0 Å². The summed E-state index contributed by atoms with van der Waals surface area (Å²) in [6, 6.07) is 17.7. The fourth-order valence-electron chi connectivity index (χ4n) is 3.57. The first-order valence-electron chi connectivity index (χ1n) is 11.9. The number of benzene rings is 3. The molecule has 0 aliphatic carbocycles. The lowest BCUT2D eigenvalue weighted by Crippen LogP contribution is -2.45. The first-order valence-corrected chi connectivity index (χ1v) is 11.9. The van der Waals surface area contributed by atoms with Gasteiger partial charge in [-0.3, -0.25) is 10.1 Å². The smallest absolute Gasteiger partial charge is 0.327 e. The van der Waals surface area contributed by atoms with Crippen molar-refractivity contribution in [1.29, 1.82) is 5.26 Å². The molecular formula is C29H31F4N3O3. The van der Waals surface area contributed by atoms with E-state index < -0.39 is 35.9 Å². The van der Waals surface area contributed by atoms with Crippen LogP contribution in [0.5, 0.6) is 0 Å². The van der Waals surface area contributed by atoms with Gasteiger partial charge in [0.2, 0.25) is 0 Å². The molecule has 0 fully saturated rings. The molecule has 0 amide bonds. The quantitative estimate of drug-likeness (QED) is 0.292. The normalized spacial score (nSPS) is 13.8. The van der Waals surface area contributed by atoms with E-state index in [1.165, 1.54) is 43.5 Å². The molecule has 10 heteroatoms. The second-order valence-electron chi connectivity index (χ2n) is 8.94. The Morgan fingerprint density at radius 3 is 1.79 bits per heavy atom. The van der Waals surface area contributed by atoms with Gasteiger partial charge in [0.05, 0.1) is 18.7 Å². The van der Waals surface area contributed by atoms with Crippen LogP contribution in [0.3, 0.4) is 0 Å². The fourth-order valence-corrected chi connectivity index (χ4v) is 3.57. The Kier molecular flexibility index (Phi) is 11.2. The van der Waals surface area contributed by atoms with Gasteiger partial charge in [0.15, 0.2) is 12.1 Å². The average molecular weight is 546 g/mol. The molecule has 39 heavy (non-hydrogen) atoms. The minimum Gasteiger partial charge on any atom is -0.480 e. The highest BCUT2D eigenvalue weighted by molar-refractivity contribution is 5.74. The summed E-state index contributed by atoms with van der Waals surface area (Å²) in [4.78, 5) is 10.4. The van der Waals surface area contributed by atoms with Crippen LogP contribution in [-0.2, 0) is 21.4 Å². The predicted molar refractivity (Wildman–Crippen MR) is 139 cm³/mol. The molecule has 0 aromatic heterocycles. The van der Waals surface area contributed by atoms with Gasteiger partial charge in [-0.25, -0.2) is 0 Å². The molecule has 3 aromatic carbocycles. The molecular weight excluding hydrogens is 514 g/mol. The number of halogens is 4. The Hall–Kier alpha value is -3.78. The lowest BCUT2D eigenvalue weighted by Gasteiger charge is -2.27. The number of nitrogens with one attached hydrogen (secondary N) is 1. The van der Waals surface area contributed by atoms with Gasteiger partial charge in [-0.1, -0.05) is 90.0 Å². The van der Waals surface area contributed by atoms with Gasteiger partial charge >= 0.3 is 11.9 Å². The number of nitrogens with two attached hydrogens (primary N) is 1. The van der Waals surface area contributed by atoms with Crippen molar-refractivity contribution >= 4 is 5.97 Å². The van der Waals surface area contributed by atoms with E-state index in [-0.39, 0.29) is 17.7 Å². The molecule has 0 spiro atoms. The number of rotatable bonds is 10. The van der Waals surface area contributed by atoms with E-state index in [1.54, 1.807) is 25.1 Å². The lowest BCUT2D eigenvalue weighted by atomic mass is 9.98. The highest BCUT2D eigenvalue weighted by Crippen LogP contribution is 2.33. The molecule has 3 rings (SSSR count). The topological polar surface area (TPSA) is 108 Å². The van der Waals surface area contributed by atoms with Crippen LogP contribution >= 0.6 is 0 Å². The number of nitriles is 1. The summed E-state index contributed by atoms with van der Waals surface area (Å²) in [7, 11) is 1.50. The average Bonchev–Trinajstić information content (AvgIpc) is 2.91. The highest BCUT2D eigenvalue weighted by atomic mass is 19.3. The molecule has 208 valence electrons. The van der Waals surface area contributed by atoms with E-state index in [9.17, 15) is 27.6 Å². The van der Waals surface area contributed by atoms with Crippen LogP contribution in [0.1, 0.15) is 33.9 Å². The molecule has 6 nitrogen and oxygen atoms in total. The van der Waals surface area contributed by atoms with E-state index in [1.807, 2.05) is 37.3 Å². The van der Waals surface area contributed by atoms with Gasteiger partial charge in [0.25, 0.3) is 5.92 Å². The summed E-state index contributed by atoms with van der Waals surface area (Å²) in [5, 5.41) is 20.5. The van der Waals surface area contributed by atoms with Gasteiger partial charge < -0.3 is 15.6 Å². The highest BCUT2D eigenvalue weighted by Gasteiger charge is 2.44. The summed E-state index contributed by atoms with van der Waals surface area (Å²) < 4.78 is 61.5. The van der Waals surface area contributed by atoms with E-state index in [0.29, 0.717) is 0 Å². The molecule has 3 atom stereocenters. The first-order chi connectivity index (χ1) is 18.3. The zero-order valence-electron chi connectivity index (χ0n) is 21.7. The number of hydrogen-bond acceptors (Lipinski definition) is 5. The number of carboxylic acid groups (broad SMARTS) is 1. The first kappa shape index (κ1) is 31.4. The third-order valence-electron chi connectivity index (χ3n) is 5.92. The SMILES string of the molecule is COCC(NC(C#N)C(F)(F)c1ccc(C)cc1)c1ccccc1.Cc1ccc(C(F)(F)C(N)C(=O)O)cc1. The number of nitrogens with zero attached hydrogens (tertiary/aromatic N) is 1. The van der Waals surface area contributed by atoms with Gasteiger partial charge in [-0.15, -0.1) is 0 Å². The summed E-state index contributed by atoms with van der Waals surface area (Å²) in [6.45, 7) is 3.76. The molecule has 0 bridgehead atoms. The molecule has 0 saturated heterocycles. The number of aliphatic carboxylic acids is 1. The molecule has 3 unspecified atom stereocenters. The van der Waals surface area contributed by atoms with Crippen LogP contribution in [0.4, 0.5) is 17.6 Å². The van der Waals surface area contributed by atoms with Crippen LogP contribution in [0.15, 0.2) is 78.9 Å². The van der Waals surface area contributed by atoms with Crippen LogP contribution in [0, 0.1) is 25.2 Å². The van der Waals surface area contributed by atoms with Gasteiger partial charge in [0.1, 0.15) is 0 Å². The standard InChI is InChI=1S/C19H20F2N2O.C10H11F2NO2/c1-14-8-10-16(11-9-14)19(20,21)18(12-22)23-17(13-24-2)15-6-4-3-5-7-15;1-6-2-4-7(5-3-6)10(11,12)8(13)9(14)15/h3-11,17-18,23H,13H2,1-2H3;2-5,8H,13H2,1H3,(H,14,15). The van der Waals surface area contributed by atoms with Crippen molar-refractivity contribution in [2.45, 2.75) is 43.8 Å². The van der Waals surface area contributed by atoms with Gasteiger partial charge in [-0.05, 0) is 19.4 Å². The Morgan fingerprint density at radius 2 is 1.38 bits per heavy atom. The maximum Gasteiger partial charge on any atom is 0.327 e. The third kappa shape index (κ3) is 8.35. The number of methoxy groups -OCH3 is 1. The van der Waals surface area contributed by atoms with Gasteiger partial charge in [0, 0.05) is 18.2 Å². The van der Waals surface area contributed by atoms with Crippen molar-refractivity contribution < 1.29 is 32.2 Å². The van der Waals surface area contributed by atoms with Crippen LogP contribution in [0.2, 0.25) is 0 Å². The molecule has 0 heterocycles. The zero-order chi connectivity index (χ0) is 29.2. The molecule has 4 N–H and O–H groups in total. The van der Waals surface area contributed by atoms with E-state index in [0.717, 1.165) is 16.7 Å². The maximum atomic E-state index is 14.7. The fraction of sp³-hybridized carbons (Fsp3) is 0.310. The minimum absolute atomic E-state index is 0.184. The Labute approximate surface area is 225 Å². The number of carbonyl (C=O) groups is 1. The molecule has 0 aliphatic rings. The van der Waals surface area contributed by atoms with Crippen molar-refractivity contribution in [3.8, 4) is 6.07 Å². The monoisotopic (exact) mass is 545 g/mol. The number of aryl methyl sites for hydroxylation is 2. The number of alkyl halides is 4. The largest absolute Gasteiger partial charge is 0.480 e. The summed E-state index contributed by atoms with van der Waals surface area (Å²) in [5.41, 5.74) is 6.84. The molecule has 3 aromatic rings. The van der Waals surface area contributed by atoms with Crippen molar-refractivity contribution in [2.75, 3.05) is 13.7 Å². The van der Waals surface area contributed by atoms with E-state index >= 15 is 0 Å². The summed E-state index contributed by atoms with van der Waals surface area (Å²) in [5.74, 6) is -8.59. The van der Waals surface area contributed by atoms with Crippen LogP contribution in [-0.4, -0.2) is 36.9 Å². The number of hydrogen-bond donors (Lipinski definition) is 3. The summed E-state index contributed by atoms with van der Waals surface area (Å²) in [6.07, 6.45) is 0. The van der Waals surface area contributed by atoms with Crippen molar-refractivity contribution in [2.24, 2.45) is 5.73 Å². The molecule has 0 radical (unpaired) electrons.